The summed E-state index contributed by atoms with van der Waals surface area (Å²) in [7, 11) is 0.529. The van der Waals surface area contributed by atoms with Crippen molar-refractivity contribution < 1.29 is 22.1 Å². The Morgan fingerprint density at radius 1 is 1.41 bits per heavy atom. The van der Waals surface area contributed by atoms with Gasteiger partial charge < -0.3 is 0 Å². The van der Waals surface area contributed by atoms with Crippen molar-refractivity contribution in [2.24, 2.45) is 0 Å². The van der Waals surface area contributed by atoms with Crippen molar-refractivity contribution in [1.82, 2.24) is 0 Å². The van der Waals surface area contributed by atoms with Crippen LogP contribution in [0.25, 0.3) is 0 Å². The van der Waals surface area contributed by atoms with Gasteiger partial charge in [-0.15, -0.1) is 0 Å². The van der Waals surface area contributed by atoms with E-state index in [-0.39, 0.29) is 5.56 Å². The molecule has 1 rings (SSSR count). The summed E-state index contributed by atoms with van der Waals surface area (Å²) in [4.78, 5) is 8.57. The number of alkyl halides is 2. The summed E-state index contributed by atoms with van der Waals surface area (Å²) in [6.45, 7) is 1.23. The van der Waals surface area contributed by atoms with E-state index in [1.807, 2.05) is 0 Å². The van der Waals surface area contributed by atoms with E-state index in [4.69, 9.17) is 10.7 Å². The number of hydrogen-bond acceptors (Lipinski definition) is 4. The molecule has 0 aliphatic carbocycles. The number of benzene rings is 1. The summed E-state index contributed by atoms with van der Waals surface area (Å²) >= 11 is 0. The second kappa shape index (κ2) is 4.53. The molecule has 0 aromatic heterocycles. The maximum absolute atomic E-state index is 12.7. The first kappa shape index (κ1) is 13.8. The van der Waals surface area contributed by atoms with Crippen molar-refractivity contribution in [2.75, 3.05) is 0 Å². The molecule has 0 amide bonds. The van der Waals surface area contributed by atoms with Gasteiger partial charge in [-0.2, -0.15) is 0 Å². The lowest BCUT2D eigenvalue weighted by Crippen LogP contribution is -2.05. The molecule has 0 radical (unpaired) electrons. The third-order valence-electron chi connectivity index (χ3n) is 2.03. The predicted octanol–water partition coefficient (Wildman–Crippen LogP) is 2.77. The second-order valence-corrected chi connectivity index (χ2v) is 5.64. The van der Waals surface area contributed by atoms with E-state index in [9.17, 15) is 27.3 Å². The Hall–Kier alpha value is -1.28. The minimum Gasteiger partial charge on any atom is -0.258 e. The highest BCUT2D eigenvalue weighted by Crippen LogP contribution is 2.37. The number of rotatable bonds is 3. The van der Waals surface area contributed by atoms with Gasteiger partial charge in [0.1, 0.15) is 10.5 Å². The van der Waals surface area contributed by atoms with Gasteiger partial charge in [0, 0.05) is 16.7 Å². The summed E-state index contributed by atoms with van der Waals surface area (Å²) in [5.41, 5.74) is -2.21. The zero-order valence-corrected chi connectivity index (χ0v) is 9.93. The molecule has 1 aromatic rings. The molecule has 0 saturated carbocycles. The number of nitro groups is 1. The van der Waals surface area contributed by atoms with Gasteiger partial charge in [-0.05, 0) is 12.5 Å². The summed E-state index contributed by atoms with van der Waals surface area (Å²) < 4.78 is 47.8. The third-order valence-corrected chi connectivity index (χ3v) is 3.52. The maximum atomic E-state index is 12.7. The molecular formula is C8H6ClF2NO4S. The quantitative estimate of drug-likeness (QED) is 0.486. The van der Waals surface area contributed by atoms with E-state index in [0.717, 1.165) is 12.1 Å². The minimum absolute atomic E-state index is 0.0686. The number of halogens is 3. The molecule has 0 aliphatic heterocycles. The van der Waals surface area contributed by atoms with Gasteiger partial charge >= 0.3 is 0 Å². The van der Waals surface area contributed by atoms with E-state index in [0.29, 0.717) is 0 Å². The predicted molar refractivity (Wildman–Crippen MR) is 55.8 cm³/mol. The molecule has 0 unspecified atom stereocenters. The first-order chi connectivity index (χ1) is 7.66. The molecule has 5 nitrogen and oxygen atoms in total. The van der Waals surface area contributed by atoms with Crippen LogP contribution in [-0.4, -0.2) is 13.3 Å². The average Bonchev–Trinajstić information content (AvgIpc) is 2.14. The van der Waals surface area contributed by atoms with Crippen LogP contribution in [0.3, 0.4) is 0 Å². The molecule has 0 heterocycles. The lowest BCUT2D eigenvalue weighted by atomic mass is 10.1. The Kier molecular flexibility index (Phi) is 3.68. The van der Waals surface area contributed by atoms with Crippen molar-refractivity contribution in [3.63, 3.8) is 0 Å². The van der Waals surface area contributed by atoms with Gasteiger partial charge in [0.05, 0.1) is 4.92 Å². The summed E-state index contributed by atoms with van der Waals surface area (Å²) in [5, 5.41) is 10.6. The van der Waals surface area contributed by atoms with Crippen molar-refractivity contribution in [3.8, 4) is 0 Å². The van der Waals surface area contributed by atoms with Crippen LogP contribution in [0, 0.1) is 17.0 Å². The van der Waals surface area contributed by atoms with E-state index < -0.39 is 36.5 Å². The van der Waals surface area contributed by atoms with Crippen LogP contribution in [0.1, 0.15) is 17.6 Å². The van der Waals surface area contributed by atoms with Gasteiger partial charge in [-0.1, -0.05) is 6.07 Å². The van der Waals surface area contributed by atoms with Crippen molar-refractivity contribution in [2.45, 2.75) is 18.2 Å². The fourth-order valence-corrected chi connectivity index (χ4v) is 2.92. The van der Waals surface area contributed by atoms with E-state index >= 15 is 0 Å². The number of nitrogens with zero attached hydrogens (tertiary/aromatic N) is 1. The lowest BCUT2D eigenvalue weighted by Gasteiger charge is -2.09. The normalized spacial score (nSPS) is 11.8. The Labute approximate surface area is 99.6 Å². The number of nitro benzene ring substituents is 1. The zero-order chi connectivity index (χ0) is 13.4. The topological polar surface area (TPSA) is 77.3 Å². The first-order valence-electron chi connectivity index (χ1n) is 4.17. The van der Waals surface area contributed by atoms with Crippen LogP contribution in [0.4, 0.5) is 14.5 Å². The van der Waals surface area contributed by atoms with E-state index in [2.05, 4.69) is 0 Å². The number of aryl methyl sites for hydroxylation is 1. The first-order valence-corrected chi connectivity index (χ1v) is 6.48. The highest BCUT2D eigenvalue weighted by Gasteiger charge is 2.32. The SMILES string of the molecule is Cc1ccc([N+](=O)[O-])c(C(F)F)c1S(=O)(=O)Cl. The summed E-state index contributed by atoms with van der Waals surface area (Å²) in [6, 6.07) is 1.88. The van der Waals surface area contributed by atoms with Gasteiger partial charge in [-0.3, -0.25) is 10.1 Å². The summed E-state index contributed by atoms with van der Waals surface area (Å²) in [6.07, 6.45) is -3.31. The van der Waals surface area contributed by atoms with Gasteiger partial charge in [0.25, 0.3) is 21.2 Å². The Balaban J connectivity index is 3.80. The van der Waals surface area contributed by atoms with E-state index in [1.54, 1.807) is 0 Å². The van der Waals surface area contributed by atoms with Crippen LogP contribution in [0.2, 0.25) is 0 Å². The maximum Gasteiger partial charge on any atom is 0.279 e. The summed E-state index contributed by atoms with van der Waals surface area (Å²) in [5.74, 6) is 0. The molecule has 0 bridgehead atoms. The fraction of sp³-hybridized carbons (Fsp3) is 0.250. The second-order valence-electron chi connectivity index (χ2n) is 3.14. The highest BCUT2D eigenvalue weighted by atomic mass is 35.7. The molecule has 0 fully saturated rings. The molecule has 9 heteroatoms. The van der Waals surface area contributed by atoms with Crippen LogP contribution >= 0.6 is 10.7 Å². The molecule has 17 heavy (non-hydrogen) atoms. The largest absolute Gasteiger partial charge is 0.279 e. The molecule has 0 aliphatic rings. The molecule has 0 saturated heterocycles. The van der Waals surface area contributed by atoms with Crippen molar-refractivity contribution >= 4 is 25.4 Å². The molecule has 0 N–H and O–H groups in total. The van der Waals surface area contributed by atoms with Crippen LogP contribution in [0.5, 0.6) is 0 Å². The average molecular weight is 286 g/mol. The van der Waals surface area contributed by atoms with Crippen molar-refractivity contribution in [3.05, 3.63) is 33.4 Å². The molecule has 0 spiro atoms. The van der Waals surface area contributed by atoms with Crippen LogP contribution in [0.15, 0.2) is 17.0 Å². The Morgan fingerprint density at radius 3 is 2.29 bits per heavy atom. The Morgan fingerprint density at radius 2 is 1.94 bits per heavy atom. The fourth-order valence-electron chi connectivity index (χ4n) is 1.39. The molecular weight excluding hydrogens is 280 g/mol. The molecule has 0 atom stereocenters. The van der Waals surface area contributed by atoms with Crippen LogP contribution in [-0.2, 0) is 9.05 Å². The monoisotopic (exact) mass is 285 g/mol. The van der Waals surface area contributed by atoms with Crippen molar-refractivity contribution in [1.29, 1.82) is 0 Å². The van der Waals surface area contributed by atoms with Crippen LogP contribution < -0.4 is 0 Å². The number of hydrogen-bond donors (Lipinski definition) is 0. The van der Waals surface area contributed by atoms with Gasteiger partial charge in [0.15, 0.2) is 0 Å². The van der Waals surface area contributed by atoms with Gasteiger partial charge in [-0.25, -0.2) is 17.2 Å². The highest BCUT2D eigenvalue weighted by molar-refractivity contribution is 8.13. The zero-order valence-electron chi connectivity index (χ0n) is 8.35. The lowest BCUT2D eigenvalue weighted by molar-refractivity contribution is -0.386. The van der Waals surface area contributed by atoms with Gasteiger partial charge in [0.2, 0.25) is 0 Å². The van der Waals surface area contributed by atoms with E-state index in [1.165, 1.54) is 6.92 Å². The third kappa shape index (κ3) is 2.70. The molecule has 1 aromatic carbocycles. The molecule has 94 valence electrons. The smallest absolute Gasteiger partial charge is 0.258 e. The standard InChI is InChI=1S/C8H6ClF2NO4S/c1-4-2-3-5(12(13)14)6(8(10)11)7(4)17(9,15)16/h2-3,8H,1H3. The Bertz CT molecular complexity index is 573. The minimum atomic E-state index is -4.48.